The quantitative estimate of drug-likeness (QED) is 0.545. The Kier molecular flexibility index (Phi) is 7.16. The molecule has 0 radical (unpaired) electrons. The molecule has 0 bridgehead atoms. The molecular weight excluding hydrogens is 424 g/mol. The highest BCUT2D eigenvalue weighted by atomic mass is 32.2. The zero-order chi connectivity index (χ0) is 23.5. The summed E-state index contributed by atoms with van der Waals surface area (Å²) in [4.78, 5) is 13.1. The molecule has 2 aromatic carbocycles. The van der Waals surface area contributed by atoms with Gasteiger partial charge in [0.25, 0.3) is 0 Å². The van der Waals surface area contributed by atoms with E-state index in [9.17, 15) is 13.2 Å². The number of nitrogens with zero attached hydrogens (tertiary/aromatic N) is 2. The number of sulfonamides is 1. The standard InChI is InChI=1S/C24H30N4O3S/c1-16(2)23(27-32(30,31)21-13-11-17(3)12-14-21)24(29)25-15-22-18(4)26-28(19(22)5)20-9-7-6-8-10-20/h6-14,16,23,27H,15H2,1-5H3,(H,25,29)/t23-/m0/s1. The number of hydrogen-bond acceptors (Lipinski definition) is 4. The zero-order valence-corrected chi connectivity index (χ0v) is 19.9. The van der Waals surface area contributed by atoms with Crippen LogP contribution in [-0.2, 0) is 21.4 Å². The first-order chi connectivity index (χ1) is 15.1. The molecular formula is C24H30N4O3S. The Hall–Kier alpha value is -2.97. The van der Waals surface area contributed by atoms with E-state index in [-0.39, 0.29) is 23.3 Å². The topological polar surface area (TPSA) is 93.1 Å². The molecule has 0 aliphatic heterocycles. The molecule has 1 atom stereocenters. The van der Waals surface area contributed by atoms with Gasteiger partial charge in [-0.1, -0.05) is 49.7 Å². The fourth-order valence-corrected chi connectivity index (χ4v) is 4.83. The van der Waals surface area contributed by atoms with Gasteiger partial charge in [0, 0.05) is 17.8 Å². The third-order valence-electron chi connectivity index (χ3n) is 5.44. The van der Waals surface area contributed by atoms with Crippen LogP contribution in [0.3, 0.4) is 0 Å². The number of aryl methyl sites for hydroxylation is 2. The van der Waals surface area contributed by atoms with Crippen molar-refractivity contribution in [2.45, 2.75) is 52.1 Å². The lowest BCUT2D eigenvalue weighted by atomic mass is 10.0. The van der Waals surface area contributed by atoms with Gasteiger partial charge in [0.2, 0.25) is 15.9 Å². The highest BCUT2D eigenvalue weighted by molar-refractivity contribution is 7.89. The molecule has 7 nitrogen and oxygen atoms in total. The fourth-order valence-electron chi connectivity index (χ4n) is 3.48. The van der Waals surface area contributed by atoms with Crippen LogP contribution in [0.15, 0.2) is 59.5 Å². The number of aromatic nitrogens is 2. The molecule has 2 N–H and O–H groups in total. The Balaban J connectivity index is 1.75. The molecule has 170 valence electrons. The molecule has 0 saturated heterocycles. The van der Waals surface area contributed by atoms with Crippen LogP contribution >= 0.6 is 0 Å². The van der Waals surface area contributed by atoms with E-state index in [1.807, 2.05) is 69.6 Å². The van der Waals surface area contributed by atoms with Gasteiger partial charge in [-0.25, -0.2) is 13.1 Å². The highest BCUT2D eigenvalue weighted by Gasteiger charge is 2.28. The maximum Gasteiger partial charge on any atom is 0.241 e. The Morgan fingerprint density at radius 1 is 1.00 bits per heavy atom. The van der Waals surface area contributed by atoms with Crippen molar-refractivity contribution in [3.63, 3.8) is 0 Å². The van der Waals surface area contributed by atoms with Crippen molar-refractivity contribution in [3.8, 4) is 5.69 Å². The average molecular weight is 455 g/mol. The van der Waals surface area contributed by atoms with Crippen LogP contribution in [0.25, 0.3) is 5.69 Å². The number of para-hydroxylation sites is 1. The van der Waals surface area contributed by atoms with Crippen LogP contribution < -0.4 is 10.0 Å². The predicted octanol–water partition coefficient (Wildman–Crippen LogP) is 3.42. The number of nitrogens with one attached hydrogen (secondary N) is 2. The lowest BCUT2D eigenvalue weighted by molar-refractivity contribution is -0.123. The number of benzene rings is 2. The lowest BCUT2D eigenvalue weighted by Crippen LogP contribution is -2.49. The second-order valence-corrected chi connectivity index (χ2v) is 9.98. The minimum absolute atomic E-state index is 0.136. The van der Waals surface area contributed by atoms with E-state index in [1.165, 1.54) is 12.1 Å². The maximum atomic E-state index is 13.0. The molecule has 0 fully saturated rings. The summed E-state index contributed by atoms with van der Waals surface area (Å²) in [6.45, 7) is 9.62. The molecule has 0 spiro atoms. The number of rotatable bonds is 8. The van der Waals surface area contributed by atoms with Crippen LogP contribution in [0, 0.1) is 26.7 Å². The first kappa shape index (κ1) is 23.7. The van der Waals surface area contributed by atoms with E-state index in [1.54, 1.807) is 12.1 Å². The lowest BCUT2D eigenvalue weighted by Gasteiger charge is -2.22. The summed E-state index contributed by atoms with van der Waals surface area (Å²) in [6, 6.07) is 15.4. The molecule has 1 aromatic heterocycles. The largest absolute Gasteiger partial charge is 0.350 e. The second-order valence-electron chi connectivity index (χ2n) is 8.27. The second kappa shape index (κ2) is 9.67. The maximum absolute atomic E-state index is 13.0. The summed E-state index contributed by atoms with van der Waals surface area (Å²) in [6.07, 6.45) is 0. The Morgan fingerprint density at radius 2 is 1.62 bits per heavy atom. The SMILES string of the molecule is Cc1ccc(S(=O)(=O)N[C@H](C(=O)NCc2c(C)nn(-c3ccccc3)c2C)C(C)C)cc1. The molecule has 0 unspecified atom stereocenters. The molecule has 3 rings (SSSR count). The smallest absolute Gasteiger partial charge is 0.241 e. The molecule has 3 aromatic rings. The van der Waals surface area contributed by atoms with E-state index in [4.69, 9.17) is 0 Å². The van der Waals surface area contributed by atoms with E-state index < -0.39 is 16.1 Å². The van der Waals surface area contributed by atoms with E-state index in [0.29, 0.717) is 0 Å². The molecule has 1 amide bonds. The first-order valence-electron chi connectivity index (χ1n) is 10.6. The van der Waals surface area contributed by atoms with Gasteiger partial charge in [0.05, 0.1) is 16.3 Å². The summed E-state index contributed by atoms with van der Waals surface area (Å²) < 4.78 is 30.0. The van der Waals surface area contributed by atoms with Gasteiger partial charge in [0.1, 0.15) is 6.04 Å². The predicted molar refractivity (Wildman–Crippen MR) is 125 cm³/mol. The van der Waals surface area contributed by atoms with Crippen molar-refractivity contribution in [1.29, 1.82) is 0 Å². The Bertz CT molecular complexity index is 1180. The minimum Gasteiger partial charge on any atom is -0.350 e. The van der Waals surface area contributed by atoms with Crippen molar-refractivity contribution in [3.05, 3.63) is 77.1 Å². The van der Waals surface area contributed by atoms with Crippen molar-refractivity contribution in [1.82, 2.24) is 19.8 Å². The summed E-state index contributed by atoms with van der Waals surface area (Å²) >= 11 is 0. The molecule has 0 aliphatic carbocycles. The number of amides is 1. The number of carbonyl (C=O) groups is 1. The summed E-state index contributed by atoms with van der Waals surface area (Å²) in [7, 11) is -3.82. The molecule has 1 heterocycles. The van der Waals surface area contributed by atoms with Gasteiger partial charge in [-0.15, -0.1) is 0 Å². The zero-order valence-electron chi connectivity index (χ0n) is 19.1. The van der Waals surface area contributed by atoms with Gasteiger partial charge >= 0.3 is 0 Å². The summed E-state index contributed by atoms with van der Waals surface area (Å²) in [5.74, 6) is -0.605. The third kappa shape index (κ3) is 5.26. The van der Waals surface area contributed by atoms with Gasteiger partial charge in [0.15, 0.2) is 0 Å². The minimum atomic E-state index is -3.82. The van der Waals surface area contributed by atoms with Crippen LogP contribution in [0.5, 0.6) is 0 Å². The van der Waals surface area contributed by atoms with Crippen LogP contribution in [0.4, 0.5) is 0 Å². The van der Waals surface area contributed by atoms with Crippen molar-refractivity contribution in [2.24, 2.45) is 5.92 Å². The van der Waals surface area contributed by atoms with E-state index >= 15 is 0 Å². The number of hydrogen-bond donors (Lipinski definition) is 2. The van der Waals surface area contributed by atoms with Crippen molar-refractivity contribution in [2.75, 3.05) is 0 Å². The highest BCUT2D eigenvalue weighted by Crippen LogP contribution is 2.18. The van der Waals surface area contributed by atoms with Crippen LogP contribution in [0.1, 0.15) is 36.4 Å². The molecule has 0 aliphatic rings. The van der Waals surface area contributed by atoms with Gasteiger partial charge in [-0.05, 0) is 51.0 Å². The van der Waals surface area contributed by atoms with Crippen LogP contribution in [0.2, 0.25) is 0 Å². The fraction of sp³-hybridized carbons (Fsp3) is 0.333. The molecule has 32 heavy (non-hydrogen) atoms. The Morgan fingerprint density at radius 3 is 2.22 bits per heavy atom. The normalized spacial score (nSPS) is 12.7. The van der Waals surface area contributed by atoms with E-state index in [0.717, 1.165) is 28.2 Å². The summed E-state index contributed by atoms with van der Waals surface area (Å²) in [5.41, 5.74) is 4.55. The molecule has 0 saturated carbocycles. The first-order valence-corrected chi connectivity index (χ1v) is 12.1. The average Bonchev–Trinajstić information content (AvgIpc) is 3.04. The van der Waals surface area contributed by atoms with E-state index in [2.05, 4.69) is 15.1 Å². The van der Waals surface area contributed by atoms with Crippen LogP contribution in [-0.4, -0.2) is 30.1 Å². The van der Waals surface area contributed by atoms with Gasteiger partial charge < -0.3 is 5.32 Å². The van der Waals surface area contributed by atoms with Crippen molar-refractivity contribution < 1.29 is 13.2 Å². The number of carbonyl (C=O) groups excluding carboxylic acids is 1. The van der Waals surface area contributed by atoms with Crippen molar-refractivity contribution >= 4 is 15.9 Å². The third-order valence-corrected chi connectivity index (χ3v) is 6.90. The monoisotopic (exact) mass is 454 g/mol. The van der Waals surface area contributed by atoms with Gasteiger partial charge in [-0.3, -0.25) is 4.79 Å². The molecule has 8 heteroatoms. The van der Waals surface area contributed by atoms with Gasteiger partial charge in [-0.2, -0.15) is 9.82 Å². The Labute approximate surface area is 189 Å². The summed E-state index contributed by atoms with van der Waals surface area (Å²) in [5, 5.41) is 7.49.